The first-order chi connectivity index (χ1) is 25.4. The van der Waals surface area contributed by atoms with Gasteiger partial charge in [-0.3, -0.25) is 19.2 Å². The Morgan fingerprint density at radius 2 is 1.61 bits per heavy atom. The van der Waals surface area contributed by atoms with Gasteiger partial charge in [0.05, 0.1) is 18.3 Å². The average molecular weight is 758 g/mol. The maximum absolute atomic E-state index is 13.9. The summed E-state index contributed by atoms with van der Waals surface area (Å²) in [5.74, 6) is -6.84. The van der Waals surface area contributed by atoms with Crippen LogP contribution in [0.1, 0.15) is 126 Å². The van der Waals surface area contributed by atoms with Crippen molar-refractivity contribution in [1.82, 2.24) is 4.90 Å². The Labute approximate surface area is 322 Å². The van der Waals surface area contributed by atoms with Crippen LogP contribution in [-0.2, 0) is 38.2 Å². The molecule has 3 aliphatic rings. The molecule has 0 aromatic rings. The molecule has 10 atom stereocenters. The summed E-state index contributed by atoms with van der Waals surface area (Å²) < 4.78 is 17.8. The molecule has 3 heterocycles. The molecule has 0 unspecified atom stereocenters. The highest BCUT2D eigenvalue weighted by atomic mass is 16.6. The smallest absolute Gasteiger partial charge is 0.329 e. The molecule has 0 aromatic carbocycles. The first-order valence-corrected chi connectivity index (χ1v) is 20.1. The predicted molar refractivity (Wildman–Crippen MR) is 206 cm³/mol. The van der Waals surface area contributed by atoms with E-state index < -0.39 is 59.6 Å². The van der Waals surface area contributed by atoms with Crippen LogP contribution >= 0.6 is 0 Å². The van der Waals surface area contributed by atoms with Crippen molar-refractivity contribution in [2.45, 2.75) is 162 Å². The number of hydrogen-bond acceptors (Lipinski definition) is 10. The molecule has 2 N–H and O–H groups in total. The highest BCUT2D eigenvalue weighted by Gasteiger charge is 2.53. The highest BCUT2D eigenvalue weighted by molar-refractivity contribution is 6.39. The maximum Gasteiger partial charge on any atom is 0.329 e. The number of rotatable bonds is 2. The number of fused-ring (bicyclic) bond motifs is 3. The van der Waals surface area contributed by atoms with Gasteiger partial charge in [-0.05, 0) is 88.2 Å². The molecule has 54 heavy (non-hydrogen) atoms. The second-order valence-electron chi connectivity index (χ2n) is 16.6. The molecule has 3 rings (SSSR count). The highest BCUT2D eigenvalue weighted by Crippen LogP contribution is 2.36. The normalized spacial score (nSPS) is 38.2. The SMILES string of the molecule is CO[C@H]1C[C@@H]2CC[C@@H](C)[C@@](O)(O2)C(=O)C(=O)N2CCCC[C@H]2C(=O)O[C@H](C(C)C)CC(=O)[C@H](C)/C=C(\C)[C@@H](O)CC(=O)[C@H](C)C[C@H](C)CC/C=C/C=C/1C. The first kappa shape index (κ1) is 45.4. The molecule has 3 aliphatic heterocycles. The average Bonchev–Trinajstić information content (AvgIpc) is 3.13. The van der Waals surface area contributed by atoms with Crippen LogP contribution in [-0.4, -0.2) is 94.2 Å². The molecule has 2 saturated heterocycles. The third-order valence-corrected chi connectivity index (χ3v) is 11.7. The van der Waals surface area contributed by atoms with E-state index in [-0.39, 0.29) is 61.2 Å². The van der Waals surface area contributed by atoms with Gasteiger partial charge in [0.15, 0.2) is 0 Å². The van der Waals surface area contributed by atoms with Gasteiger partial charge in [0, 0.05) is 50.7 Å². The third kappa shape index (κ3) is 12.3. The van der Waals surface area contributed by atoms with Gasteiger partial charge >= 0.3 is 5.97 Å². The third-order valence-electron chi connectivity index (χ3n) is 11.7. The van der Waals surface area contributed by atoms with Gasteiger partial charge in [-0.25, -0.2) is 4.79 Å². The maximum atomic E-state index is 13.9. The summed E-state index contributed by atoms with van der Waals surface area (Å²) in [6.45, 7) is 14.9. The molecule has 304 valence electrons. The van der Waals surface area contributed by atoms with E-state index in [1.807, 2.05) is 39.8 Å². The minimum Gasteiger partial charge on any atom is -0.460 e. The van der Waals surface area contributed by atoms with Crippen LogP contribution in [0.15, 0.2) is 35.5 Å². The molecular formula is C43H67NO10. The van der Waals surface area contributed by atoms with Gasteiger partial charge in [0.25, 0.3) is 11.7 Å². The van der Waals surface area contributed by atoms with Crippen molar-refractivity contribution < 1.29 is 48.4 Å². The summed E-state index contributed by atoms with van der Waals surface area (Å²) in [5.41, 5.74) is 1.47. The van der Waals surface area contributed by atoms with Crippen LogP contribution in [0.2, 0.25) is 0 Å². The lowest BCUT2D eigenvalue weighted by Crippen LogP contribution is -2.61. The fourth-order valence-corrected chi connectivity index (χ4v) is 7.75. The van der Waals surface area contributed by atoms with Crippen LogP contribution in [0, 0.1) is 29.6 Å². The lowest BCUT2D eigenvalue weighted by atomic mass is 9.85. The summed E-state index contributed by atoms with van der Waals surface area (Å²) in [4.78, 5) is 69.2. The number of esters is 1. The van der Waals surface area contributed by atoms with Gasteiger partial charge in [0.1, 0.15) is 23.7 Å². The summed E-state index contributed by atoms with van der Waals surface area (Å²) in [6, 6.07) is -1.06. The summed E-state index contributed by atoms with van der Waals surface area (Å²) in [7, 11) is 1.60. The number of Topliss-reactive ketones (excluding diaryl/α,β-unsaturated/α-hetero) is 3. The number of cyclic esters (lactones) is 1. The number of carbonyl (C=O) groups is 5. The number of amides is 1. The Hall–Kier alpha value is -2.99. The van der Waals surface area contributed by atoms with Crippen LogP contribution in [0.4, 0.5) is 0 Å². The van der Waals surface area contributed by atoms with E-state index in [4.69, 9.17) is 14.2 Å². The minimum atomic E-state index is -2.37. The molecule has 11 nitrogen and oxygen atoms in total. The Balaban J connectivity index is 1.92. The molecule has 11 heteroatoms. The standard InChI is InChI=1S/C43H67NO10/c1-26(2)38-25-37(47)31(7)22-30(6)36(46)24-35(45)29(5)21-27(3)15-11-10-12-16-28(4)39(52-9)23-33-19-18-32(8)43(51,54-33)40(48)41(49)44-20-14-13-17-34(44)42(50)53-38/h10,12,16,22,26-27,29,31-34,36,38-39,46,51H,11,13-15,17-21,23-25H2,1-9H3/b12-10+,28-16+,30-22+/t27-,29-,31-,32-,33+,34+,36+,38+,39+,43-/m1/s1. The summed E-state index contributed by atoms with van der Waals surface area (Å²) in [6.07, 6.45) is 10.1. The van der Waals surface area contributed by atoms with E-state index in [9.17, 15) is 34.2 Å². The number of carbonyl (C=O) groups excluding carboxylic acids is 5. The number of ketones is 3. The number of hydrogen-bond donors (Lipinski definition) is 2. The van der Waals surface area contributed by atoms with Crippen molar-refractivity contribution in [3.8, 4) is 0 Å². The molecule has 0 saturated carbocycles. The van der Waals surface area contributed by atoms with Crippen molar-refractivity contribution in [2.75, 3.05) is 13.7 Å². The fourth-order valence-electron chi connectivity index (χ4n) is 7.75. The van der Waals surface area contributed by atoms with Crippen molar-refractivity contribution in [1.29, 1.82) is 0 Å². The van der Waals surface area contributed by atoms with Gasteiger partial charge < -0.3 is 29.3 Å². The van der Waals surface area contributed by atoms with Gasteiger partial charge in [0.2, 0.25) is 5.79 Å². The van der Waals surface area contributed by atoms with Crippen molar-refractivity contribution >= 4 is 29.2 Å². The largest absolute Gasteiger partial charge is 0.460 e. The zero-order valence-electron chi connectivity index (χ0n) is 34.2. The number of aliphatic hydroxyl groups is 2. The molecule has 1 amide bonds. The van der Waals surface area contributed by atoms with Crippen LogP contribution in [0.5, 0.6) is 0 Å². The predicted octanol–water partition coefficient (Wildman–Crippen LogP) is 6.23. The van der Waals surface area contributed by atoms with Gasteiger partial charge in [-0.1, -0.05) is 65.8 Å². The molecule has 0 aromatic heterocycles. The van der Waals surface area contributed by atoms with E-state index >= 15 is 0 Å². The fraction of sp³-hybridized carbons (Fsp3) is 0.744. The Kier molecular flexibility index (Phi) is 17.5. The van der Waals surface area contributed by atoms with Crippen molar-refractivity contribution in [3.05, 3.63) is 35.5 Å². The topological polar surface area (TPSA) is 157 Å². The van der Waals surface area contributed by atoms with Crippen LogP contribution < -0.4 is 0 Å². The first-order valence-electron chi connectivity index (χ1n) is 20.1. The molecule has 2 fully saturated rings. The zero-order chi connectivity index (χ0) is 40.3. The number of piperidine rings is 1. The molecule has 0 spiro atoms. The number of aliphatic hydroxyl groups excluding tert-OH is 1. The van der Waals surface area contributed by atoms with Crippen molar-refractivity contribution in [2.24, 2.45) is 29.6 Å². The van der Waals surface area contributed by atoms with E-state index in [1.54, 1.807) is 34.0 Å². The quantitative estimate of drug-likeness (QED) is 0.188. The van der Waals surface area contributed by atoms with E-state index in [0.717, 1.165) is 18.4 Å². The molecule has 0 radical (unpaired) electrons. The number of ether oxygens (including phenoxy) is 3. The lowest BCUT2D eigenvalue weighted by molar-refractivity contribution is -0.265. The Morgan fingerprint density at radius 3 is 2.28 bits per heavy atom. The van der Waals surface area contributed by atoms with Crippen LogP contribution in [0.3, 0.4) is 0 Å². The van der Waals surface area contributed by atoms with E-state index in [2.05, 4.69) is 13.0 Å². The monoisotopic (exact) mass is 757 g/mol. The van der Waals surface area contributed by atoms with E-state index in [0.29, 0.717) is 44.1 Å². The van der Waals surface area contributed by atoms with Crippen LogP contribution in [0.25, 0.3) is 0 Å². The number of nitrogens with zero attached hydrogens (tertiary/aromatic N) is 1. The van der Waals surface area contributed by atoms with Gasteiger partial charge in [-0.15, -0.1) is 0 Å². The number of methoxy groups -OCH3 is 1. The second kappa shape index (κ2) is 20.8. The minimum absolute atomic E-state index is 0.0247. The summed E-state index contributed by atoms with van der Waals surface area (Å²) >= 11 is 0. The molecule has 0 aliphatic carbocycles. The zero-order valence-corrected chi connectivity index (χ0v) is 34.2. The van der Waals surface area contributed by atoms with Gasteiger partial charge in [-0.2, -0.15) is 0 Å². The second-order valence-corrected chi connectivity index (χ2v) is 16.6. The Bertz CT molecular complexity index is 1420. The molecule has 2 bridgehead atoms. The number of allylic oxidation sites excluding steroid dienone is 4. The lowest BCUT2D eigenvalue weighted by Gasteiger charge is -2.42. The molecular weight excluding hydrogens is 690 g/mol. The Morgan fingerprint density at radius 1 is 0.907 bits per heavy atom. The van der Waals surface area contributed by atoms with Crippen molar-refractivity contribution in [3.63, 3.8) is 0 Å². The van der Waals surface area contributed by atoms with E-state index in [1.165, 1.54) is 4.90 Å². The summed E-state index contributed by atoms with van der Waals surface area (Å²) in [5, 5.41) is 22.6.